The zero-order valence-electron chi connectivity index (χ0n) is 8.84. The van der Waals surface area contributed by atoms with Crippen molar-refractivity contribution in [1.29, 1.82) is 0 Å². The quantitative estimate of drug-likeness (QED) is 0.694. The Morgan fingerprint density at radius 3 is 2.31 bits per heavy atom. The highest BCUT2D eigenvalue weighted by Crippen LogP contribution is 2.14. The van der Waals surface area contributed by atoms with Crippen LogP contribution in [0.4, 0.5) is 0 Å². The average Bonchev–Trinajstić information content (AvgIpc) is 2.04. The lowest BCUT2D eigenvalue weighted by atomic mass is 10.0. The number of piperidine rings is 1. The van der Waals surface area contributed by atoms with Crippen LogP contribution in [-0.4, -0.2) is 36.0 Å². The Balaban J connectivity index is 2.57. The number of nitrogens with one attached hydrogen (secondary N) is 1. The standard InChI is InChI=1S/C10H20N2O/c1-8(2)12(9(3)13)10-4-6-11-7-5-10/h8,10-11H,4-7H2,1-3H3. The summed E-state index contributed by atoms with van der Waals surface area (Å²) in [5.74, 6) is 0.210. The Morgan fingerprint density at radius 2 is 1.92 bits per heavy atom. The van der Waals surface area contributed by atoms with Crippen LogP contribution in [0.25, 0.3) is 0 Å². The summed E-state index contributed by atoms with van der Waals surface area (Å²) in [7, 11) is 0. The van der Waals surface area contributed by atoms with Crippen LogP contribution in [0.5, 0.6) is 0 Å². The van der Waals surface area contributed by atoms with Crippen molar-refractivity contribution in [1.82, 2.24) is 10.2 Å². The number of hydrogen-bond acceptors (Lipinski definition) is 2. The monoisotopic (exact) mass is 184 g/mol. The second-order valence-corrected chi connectivity index (χ2v) is 4.00. The summed E-state index contributed by atoms with van der Waals surface area (Å²) in [4.78, 5) is 13.4. The first-order valence-corrected chi connectivity index (χ1v) is 5.12. The van der Waals surface area contributed by atoms with Gasteiger partial charge in [0.2, 0.25) is 5.91 Å². The minimum absolute atomic E-state index is 0.210. The van der Waals surface area contributed by atoms with Crippen molar-refractivity contribution >= 4 is 5.91 Å². The Kier molecular flexibility index (Phi) is 3.72. The molecule has 13 heavy (non-hydrogen) atoms. The largest absolute Gasteiger partial charge is 0.337 e. The number of carbonyl (C=O) groups is 1. The minimum Gasteiger partial charge on any atom is -0.337 e. The maximum absolute atomic E-state index is 11.4. The molecule has 0 bridgehead atoms. The molecule has 0 aromatic carbocycles. The summed E-state index contributed by atoms with van der Waals surface area (Å²) in [5, 5.41) is 3.31. The molecule has 1 fully saturated rings. The lowest BCUT2D eigenvalue weighted by Gasteiger charge is -2.36. The van der Waals surface area contributed by atoms with E-state index < -0.39 is 0 Å². The highest BCUT2D eigenvalue weighted by atomic mass is 16.2. The molecule has 0 aliphatic carbocycles. The zero-order valence-corrected chi connectivity index (χ0v) is 8.84. The molecule has 0 unspecified atom stereocenters. The minimum atomic E-state index is 0.210. The number of nitrogens with zero attached hydrogens (tertiary/aromatic N) is 1. The molecule has 0 spiro atoms. The first-order valence-electron chi connectivity index (χ1n) is 5.12. The summed E-state index contributed by atoms with van der Waals surface area (Å²) >= 11 is 0. The predicted octanol–water partition coefficient (Wildman–Crippen LogP) is 0.995. The first-order chi connectivity index (χ1) is 6.13. The van der Waals surface area contributed by atoms with Crippen LogP contribution in [0.2, 0.25) is 0 Å². The van der Waals surface area contributed by atoms with Gasteiger partial charge in [-0.3, -0.25) is 4.79 Å². The third-order valence-electron chi connectivity index (χ3n) is 2.62. The molecule has 1 aliphatic heterocycles. The summed E-state index contributed by atoms with van der Waals surface area (Å²) < 4.78 is 0. The van der Waals surface area contributed by atoms with Crippen molar-refractivity contribution in [3.8, 4) is 0 Å². The second-order valence-electron chi connectivity index (χ2n) is 4.00. The van der Waals surface area contributed by atoms with Gasteiger partial charge < -0.3 is 10.2 Å². The molecule has 3 nitrogen and oxygen atoms in total. The van der Waals surface area contributed by atoms with E-state index in [-0.39, 0.29) is 5.91 Å². The molecule has 76 valence electrons. The fourth-order valence-corrected chi connectivity index (χ4v) is 2.13. The van der Waals surface area contributed by atoms with Crippen LogP contribution < -0.4 is 5.32 Å². The molecule has 0 aromatic rings. The van der Waals surface area contributed by atoms with Crippen molar-refractivity contribution in [2.45, 2.75) is 45.7 Å². The molecule has 1 rings (SSSR count). The fraction of sp³-hybridized carbons (Fsp3) is 0.900. The molecular formula is C10H20N2O. The van der Waals surface area contributed by atoms with Gasteiger partial charge in [-0.25, -0.2) is 0 Å². The van der Waals surface area contributed by atoms with E-state index in [0.29, 0.717) is 12.1 Å². The molecule has 1 amide bonds. The van der Waals surface area contributed by atoms with Crippen LogP contribution in [0, 0.1) is 0 Å². The summed E-state index contributed by atoms with van der Waals surface area (Å²) in [5.41, 5.74) is 0. The lowest BCUT2D eigenvalue weighted by Crippen LogP contribution is -2.48. The molecule has 1 N–H and O–H groups in total. The average molecular weight is 184 g/mol. The summed E-state index contributed by atoms with van der Waals surface area (Å²) in [6.45, 7) is 7.93. The van der Waals surface area contributed by atoms with Gasteiger partial charge in [-0.15, -0.1) is 0 Å². The molecule has 0 aromatic heterocycles. The molecule has 0 atom stereocenters. The third kappa shape index (κ3) is 2.69. The zero-order chi connectivity index (χ0) is 9.84. The van der Waals surface area contributed by atoms with Crippen molar-refractivity contribution in [3.63, 3.8) is 0 Å². The van der Waals surface area contributed by atoms with E-state index in [9.17, 15) is 4.79 Å². The molecular weight excluding hydrogens is 164 g/mol. The predicted molar refractivity (Wildman–Crippen MR) is 53.5 cm³/mol. The summed E-state index contributed by atoms with van der Waals surface area (Å²) in [6, 6.07) is 0.791. The van der Waals surface area contributed by atoms with Crippen LogP contribution in [0.1, 0.15) is 33.6 Å². The Morgan fingerprint density at radius 1 is 1.38 bits per heavy atom. The van der Waals surface area contributed by atoms with Crippen LogP contribution in [0.15, 0.2) is 0 Å². The van der Waals surface area contributed by atoms with Crippen molar-refractivity contribution < 1.29 is 4.79 Å². The number of hydrogen-bond donors (Lipinski definition) is 1. The number of rotatable bonds is 2. The molecule has 1 aliphatic rings. The van der Waals surface area contributed by atoms with Gasteiger partial charge in [-0.2, -0.15) is 0 Å². The van der Waals surface area contributed by atoms with E-state index in [2.05, 4.69) is 19.2 Å². The van der Waals surface area contributed by atoms with Crippen molar-refractivity contribution in [2.75, 3.05) is 13.1 Å². The van der Waals surface area contributed by atoms with Gasteiger partial charge in [0.15, 0.2) is 0 Å². The molecule has 1 heterocycles. The molecule has 0 radical (unpaired) electrons. The maximum atomic E-state index is 11.4. The topological polar surface area (TPSA) is 32.3 Å². The van der Waals surface area contributed by atoms with E-state index in [4.69, 9.17) is 0 Å². The first kappa shape index (κ1) is 10.5. The number of amides is 1. The van der Waals surface area contributed by atoms with Crippen LogP contribution in [0.3, 0.4) is 0 Å². The third-order valence-corrected chi connectivity index (χ3v) is 2.62. The normalized spacial score (nSPS) is 19.1. The van der Waals surface area contributed by atoms with Gasteiger partial charge >= 0.3 is 0 Å². The highest BCUT2D eigenvalue weighted by molar-refractivity contribution is 5.73. The Bertz CT molecular complexity index is 174. The lowest BCUT2D eigenvalue weighted by molar-refractivity contribution is -0.133. The summed E-state index contributed by atoms with van der Waals surface area (Å²) in [6.07, 6.45) is 2.19. The van der Waals surface area contributed by atoms with E-state index in [1.54, 1.807) is 6.92 Å². The van der Waals surface area contributed by atoms with Gasteiger partial charge in [-0.05, 0) is 39.8 Å². The van der Waals surface area contributed by atoms with Gasteiger partial charge in [0.25, 0.3) is 0 Å². The van der Waals surface area contributed by atoms with Crippen molar-refractivity contribution in [3.05, 3.63) is 0 Å². The van der Waals surface area contributed by atoms with Gasteiger partial charge in [0, 0.05) is 19.0 Å². The van der Waals surface area contributed by atoms with Gasteiger partial charge in [0.1, 0.15) is 0 Å². The van der Waals surface area contributed by atoms with E-state index in [1.807, 2.05) is 4.90 Å². The SMILES string of the molecule is CC(=O)N(C(C)C)C1CCNCC1. The van der Waals surface area contributed by atoms with Crippen LogP contribution >= 0.6 is 0 Å². The molecule has 1 saturated heterocycles. The van der Waals surface area contributed by atoms with E-state index in [1.165, 1.54) is 0 Å². The van der Waals surface area contributed by atoms with Crippen LogP contribution in [-0.2, 0) is 4.79 Å². The Labute approximate surface area is 80.5 Å². The highest BCUT2D eigenvalue weighted by Gasteiger charge is 2.24. The maximum Gasteiger partial charge on any atom is 0.219 e. The van der Waals surface area contributed by atoms with E-state index in [0.717, 1.165) is 25.9 Å². The van der Waals surface area contributed by atoms with Gasteiger partial charge in [0.05, 0.1) is 0 Å². The Hall–Kier alpha value is -0.570. The van der Waals surface area contributed by atoms with Gasteiger partial charge in [-0.1, -0.05) is 0 Å². The van der Waals surface area contributed by atoms with E-state index >= 15 is 0 Å². The number of carbonyl (C=O) groups excluding carboxylic acids is 1. The molecule has 0 saturated carbocycles. The second kappa shape index (κ2) is 4.61. The smallest absolute Gasteiger partial charge is 0.219 e. The fourth-order valence-electron chi connectivity index (χ4n) is 2.13. The van der Waals surface area contributed by atoms with Crippen molar-refractivity contribution in [2.24, 2.45) is 0 Å². The molecule has 3 heteroatoms.